The molecule has 0 atom stereocenters. The molecular weight excluding hydrogens is 280 g/mol. The molecule has 0 saturated heterocycles. The molecule has 2 nitrogen and oxygen atoms in total. The van der Waals surface area contributed by atoms with Crippen molar-refractivity contribution in [3.05, 3.63) is 0 Å². The summed E-state index contributed by atoms with van der Waals surface area (Å²) in [5.74, 6) is -0.152. The number of carbonyl (C=O) groups excluding carboxylic acids is 1. The number of hydrogen-bond acceptors (Lipinski definition) is 2. The van der Waals surface area contributed by atoms with Crippen molar-refractivity contribution >= 4 is 21.9 Å². The van der Waals surface area contributed by atoms with E-state index in [9.17, 15) is 4.79 Å². The molecule has 0 aliphatic heterocycles. The first-order valence-corrected chi connectivity index (χ1v) is 8.15. The molecule has 0 fully saturated rings. The molecule has 0 aromatic heterocycles. The van der Waals surface area contributed by atoms with E-state index >= 15 is 0 Å². The number of alkyl halides is 1. The highest BCUT2D eigenvalue weighted by molar-refractivity contribution is 9.09. The van der Waals surface area contributed by atoms with Gasteiger partial charge in [-0.2, -0.15) is 0 Å². The molecular formula is C14H27BrO2. The minimum Gasteiger partial charge on any atom is -0.465 e. The second-order valence-corrected chi connectivity index (χ2v) is 5.10. The Balaban J connectivity index is 2.96. The summed E-state index contributed by atoms with van der Waals surface area (Å²) in [4.78, 5) is 10.8. The van der Waals surface area contributed by atoms with Gasteiger partial charge in [-0.05, 0) is 6.42 Å². The quantitative estimate of drug-likeness (QED) is 0.293. The van der Waals surface area contributed by atoms with Crippen LogP contribution in [0, 0.1) is 0 Å². The second-order valence-electron chi connectivity index (χ2n) is 4.54. The SMILES string of the molecule is CCCCCCCCCCCCOC(=O)CBr. The fourth-order valence-corrected chi connectivity index (χ4v) is 1.98. The van der Waals surface area contributed by atoms with E-state index in [2.05, 4.69) is 22.9 Å². The normalized spacial score (nSPS) is 10.5. The molecule has 0 N–H and O–H groups in total. The third-order valence-electron chi connectivity index (χ3n) is 2.87. The van der Waals surface area contributed by atoms with Crippen LogP contribution in [-0.4, -0.2) is 17.9 Å². The van der Waals surface area contributed by atoms with Crippen LogP contribution >= 0.6 is 15.9 Å². The summed E-state index contributed by atoms with van der Waals surface area (Å²) in [6.45, 7) is 2.84. The first kappa shape index (κ1) is 16.9. The first-order chi connectivity index (χ1) is 8.31. The lowest BCUT2D eigenvalue weighted by atomic mass is 10.1. The van der Waals surface area contributed by atoms with Gasteiger partial charge in [-0.25, -0.2) is 0 Å². The topological polar surface area (TPSA) is 26.3 Å². The Hall–Kier alpha value is -0.0500. The standard InChI is InChI=1S/C14H27BrO2/c1-2-3-4-5-6-7-8-9-10-11-12-17-14(16)13-15/h2-13H2,1H3. The van der Waals surface area contributed by atoms with E-state index in [1.807, 2.05) is 0 Å². The summed E-state index contributed by atoms with van der Waals surface area (Å²) in [6, 6.07) is 0. The number of carbonyl (C=O) groups is 1. The largest absolute Gasteiger partial charge is 0.465 e. The second kappa shape index (κ2) is 14.0. The third kappa shape index (κ3) is 13.9. The summed E-state index contributed by atoms with van der Waals surface area (Å²) in [5.41, 5.74) is 0. The maximum atomic E-state index is 10.8. The molecule has 0 aliphatic carbocycles. The van der Waals surface area contributed by atoms with E-state index in [1.165, 1.54) is 57.8 Å². The molecule has 17 heavy (non-hydrogen) atoms. The molecule has 0 aromatic carbocycles. The van der Waals surface area contributed by atoms with Crippen molar-refractivity contribution in [1.82, 2.24) is 0 Å². The Bertz CT molecular complexity index is 172. The molecule has 0 unspecified atom stereocenters. The Morgan fingerprint density at radius 1 is 0.882 bits per heavy atom. The van der Waals surface area contributed by atoms with Gasteiger partial charge in [0.15, 0.2) is 0 Å². The molecule has 0 aliphatic rings. The summed E-state index contributed by atoms with van der Waals surface area (Å²) in [6.07, 6.45) is 13.1. The average molecular weight is 307 g/mol. The summed E-state index contributed by atoms with van der Waals surface area (Å²) < 4.78 is 4.98. The van der Waals surface area contributed by atoms with Gasteiger partial charge in [0.1, 0.15) is 5.33 Å². The molecule has 102 valence electrons. The smallest absolute Gasteiger partial charge is 0.316 e. The van der Waals surface area contributed by atoms with Crippen molar-refractivity contribution in [3.8, 4) is 0 Å². The predicted molar refractivity (Wildman–Crippen MR) is 76.6 cm³/mol. The van der Waals surface area contributed by atoms with Crippen molar-refractivity contribution in [2.24, 2.45) is 0 Å². The number of hydrogen-bond donors (Lipinski definition) is 0. The molecule has 0 aromatic rings. The van der Waals surface area contributed by atoms with Gasteiger partial charge in [0.2, 0.25) is 0 Å². The predicted octanol–water partition coefficient (Wildman–Crippen LogP) is 4.85. The fraction of sp³-hybridized carbons (Fsp3) is 0.929. The van der Waals surface area contributed by atoms with Crippen molar-refractivity contribution < 1.29 is 9.53 Å². The lowest BCUT2D eigenvalue weighted by Gasteiger charge is -2.03. The molecule has 0 radical (unpaired) electrons. The molecule has 0 spiro atoms. The minimum absolute atomic E-state index is 0.152. The van der Waals surface area contributed by atoms with Crippen LogP contribution in [0.4, 0.5) is 0 Å². The van der Waals surface area contributed by atoms with Crippen LogP contribution in [0.5, 0.6) is 0 Å². The number of ether oxygens (including phenoxy) is 1. The van der Waals surface area contributed by atoms with E-state index in [-0.39, 0.29) is 5.97 Å². The molecule has 0 heterocycles. The monoisotopic (exact) mass is 306 g/mol. The van der Waals surface area contributed by atoms with Crippen LogP contribution in [0.1, 0.15) is 71.1 Å². The number of unbranched alkanes of at least 4 members (excludes halogenated alkanes) is 9. The van der Waals surface area contributed by atoms with Gasteiger partial charge in [-0.1, -0.05) is 80.6 Å². The first-order valence-electron chi connectivity index (χ1n) is 7.02. The maximum Gasteiger partial charge on any atom is 0.316 e. The van der Waals surface area contributed by atoms with Crippen molar-refractivity contribution in [2.45, 2.75) is 71.1 Å². The van der Waals surface area contributed by atoms with E-state index in [1.54, 1.807) is 0 Å². The summed E-state index contributed by atoms with van der Waals surface area (Å²) in [5, 5.41) is 0.310. The van der Waals surface area contributed by atoms with Crippen molar-refractivity contribution in [1.29, 1.82) is 0 Å². The number of rotatable bonds is 12. The third-order valence-corrected chi connectivity index (χ3v) is 3.33. The highest BCUT2D eigenvalue weighted by Gasteiger charge is 1.98. The van der Waals surface area contributed by atoms with Crippen LogP contribution in [0.2, 0.25) is 0 Å². The lowest BCUT2D eigenvalue weighted by Crippen LogP contribution is -2.06. The van der Waals surface area contributed by atoms with E-state index in [4.69, 9.17) is 4.74 Å². The van der Waals surface area contributed by atoms with Crippen LogP contribution in [0.3, 0.4) is 0 Å². The van der Waals surface area contributed by atoms with Crippen LogP contribution in [0.15, 0.2) is 0 Å². The fourth-order valence-electron chi connectivity index (χ4n) is 1.81. The number of halogens is 1. The summed E-state index contributed by atoms with van der Waals surface area (Å²) >= 11 is 3.07. The average Bonchev–Trinajstić information content (AvgIpc) is 2.35. The van der Waals surface area contributed by atoms with Gasteiger partial charge in [-0.3, -0.25) is 4.79 Å². The molecule has 0 rings (SSSR count). The zero-order valence-corrected chi connectivity index (χ0v) is 12.8. The summed E-state index contributed by atoms with van der Waals surface area (Å²) in [7, 11) is 0. The van der Waals surface area contributed by atoms with Crippen LogP contribution in [0.25, 0.3) is 0 Å². The van der Waals surface area contributed by atoms with Gasteiger partial charge in [0.05, 0.1) is 6.61 Å². The minimum atomic E-state index is -0.152. The van der Waals surface area contributed by atoms with Gasteiger partial charge >= 0.3 is 5.97 Å². The van der Waals surface area contributed by atoms with E-state index < -0.39 is 0 Å². The number of esters is 1. The molecule has 0 bridgehead atoms. The zero-order valence-electron chi connectivity index (χ0n) is 11.2. The zero-order chi connectivity index (χ0) is 12.8. The molecule has 3 heteroatoms. The molecule has 0 saturated carbocycles. The Morgan fingerprint density at radius 2 is 1.35 bits per heavy atom. The van der Waals surface area contributed by atoms with Gasteiger partial charge in [0, 0.05) is 0 Å². The highest BCUT2D eigenvalue weighted by Crippen LogP contribution is 2.10. The van der Waals surface area contributed by atoms with Gasteiger partial charge in [0.25, 0.3) is 0 Å². The Kier molecular flexibility index (Phi) is 14.0. The Labute approximate surface area is 115 Å². The maximum absolute atomic E-state index is 10.8. The van der Waals surface area contributed by atoms with Crippen molar-refractivity contribution in [3.63, 3.8) is 0 Å². The lowest BCUT2D eigenvalue weighted by molar-refractivity contribution is -0.140. The van der Waals surface area contributed by atoms with E-state index in [0.717, 1.165) is 6.42 Å². The van der Waals surface area contributed by atoms with E-state index in [0.29, 0.717) is 11.9 Å². The highest BCUT2D eigenvalue weighted by atomic mass is 79.9. The van der Waals surface area contributed by atoms with Crippen molar-refractivity contribution in [2.75, 3.05) is 11.9 Å². The van der Waals surface area contributed by atoms with Crippen LogP contribution < -0.4 is 0 Å². The van der Waals surface area contributed by atoms with Gasteiger partial charge < -0.3 is 4.74 Å². The Morgan fingerprint density at radius 3 is 1.82 bits per heavy atom. The van der Waals surface area contributed by atoms with Crippen LogP contribution in [-0.2, 0) is 9.53 Å². The molecule has 0 amide bonds. The van der Waals surface area contributed by atoms with Gasteiger partial charge in [-0.15, -0.1) is 0 Å².